The summed E-state index contributed by atoms with van der Waals surface area (Å²) < 4.78 is 4.61. The molecular formula is C9H15NO2. The second kappa shape index (κ2) is 2.73. The standard InChI is InChI=1S/C9H15NO2/c1-12-9(11)8(10)7-3-5-2-6(5)4-7/h5-8H,2-4,10H2,1H3/t5-,6+,7-,8-/m0/s1. The van der Waals surface area contributed by atoms with Crippen molar-refractivity contribution in [1.29, 1.82) is 0 Å². The van der Waals surface area contributed by atoms with Gasteiger partial charge in [0.15, 0.2) is 0 Å². The third-order valence-electron chi connectivity index (χ3n) is 3.26. The zero-order valence-corrected chi connectivity index (χ0v) is 7.32. The fraction of sp³-hybridized carbons (Fsp3) is 0.889. The molecule has 2 N–H and O–H groups in total. The Hall–Kier alpha value is -0.570. The van der Waals surface area contributed by atoms with Crippen molar-refractivity contribution in [2.45, 2.75) is 25.3 Å². The van der Waals surface area contributed by atoms with Crippen molar-refractivity contribution in [3.05, 3.63) is 0 Å². The molecule has 0 aromatic heterocycles. The lowest BCUT2D eigenvalue weighted by atomic mass is 9.95. The molecule has 3 nitrogen and oxygen atoms in total. The van der Waals surface area contributed by atoms with Gasteiger partial charge in [0.05, 0.1) is 7.11 Å². The fourth-order valence-corrected chi connectivity index (χ4v) is 2.38. The van der Waals surface area contributed by atoms with Crippen LogP contribution >= 0.6 is 0 Å². The van der Waals surface area contributed by atoms with E-state index in [1.54, 1.807) is 0 Å². The van der Waals surface area contributed by atoms with Crippen LogP contribution in [-0.4, -0.2) is 19.1 Å². The third-order valence-corrected chi connectivity index (χ3v) is 3.26. The maximum atomic E-state index is 11.1. The molecule has 0 aromatic rings. The van der Waals surface area contributed by atoms with E-state index in [0.29, 0.717) is 5.92 Å². The lowest BCUT2D eigenvalue weighted by Gasteiger charge is -2.17. The molecular weight excluding hydrogens is 154 g/mol. The van der Waals surface area contributed by atoms with Crippen LogP contribution in [0, 0.1) is 17.8 Å². The van der Waals surface area contributed by atoms with Gasteiger partial charge in [-0.3, -0.25) is 4.79 Å². The van der Waals surface area contributed by atoms with Crippen molar-refractivity contribution in [2.24, 2.45) is 23.5 Å². The molecule has 0 heterocycles. The predicted octanol–water partition coefficient (Wildman–Crippen LogP) is 0.533. The number of esters is 1. The van der Waals surface area contributed by atoms with Crippen LogP contribution in [0.2, 0.25) is 0 Å². The highest BCUT2D eigenvalue weighted by molar-refractivity contribution is 5.75. The molecule has 2 rings (SSSR count). The molecule has 0 aromatic carbocycles. The Labute approximate surface area is 72.3 Å². The van der Waals surface area contributed by atoms with Gasteiger partial charge in [0.2, 0.25) is 0 Å². The maximum absolute atomic E-state index is 11.1. The van der Waals surface area contributed by atoms with E-state index in [-0.39, 0.29) is 12.0 Å². The van der Waals surface area contributed by atoms with Crippen LogP contribution in [0.3, 0.4) is 0 Å². The van der Waals surface area contributed by atoms with Crippen LogP contribution < -0.4 is 5.73 Å². The van der Waals surface area contributed by atoms with Crippen molar-refractivity contribution in [3.63, 3.8) is 0 Å². The summed E-state index contributed by atoms with van der Waals surface area (Å²) in [6, 6.07) is -0.372. The van der Waals surface area contributed by atoms with Gasteiger partial charge in [0.25, 0.3) is 0 Å². The van der Waals surface area contributed by atoms with E-state index < -0.39 is 0 Å². The van der Waals surface area contributed by atoms with Crippen molar-refractivity contribution in [3.8, 4) is 0 Å². The van der Waals surface area contributed by atoms with Crippen LogP contribution in [0.5, 0.6) is 0 Å². The van der Waals surface area contributed by atoms with Gasteiger partial charge in [0, 0.05) is 0 Å². The van der Waals surface area contributed by atoms with E-state index >= 15 is 0 Å². The van der Waals surface area contributed by atoms with Gasteiger partial charge in [-0.15, -0.1) is 0 Å². The summed E-state index contributed by atoms with van der Waals surface area (Å²) in [5.41, 5.74) is 5.74. The van der Waals surface area contributed by atoms with Crippen LogP contribution in [0.25, 0.3) is 0 Å². The van der Waals surface area contributed by atoms with E-state index in [2.05, 4.69) is 4.74 Å². The van der Waals surface area contributed by atoms with Gasteiger partial charge < -0.3 is 10.5 Å². The zero-order chi connectivity index (χ0) is 8.72. The van der Waals surface area contributed by atoms with E-state index in [4.69, 9.17) is 5.73 Å². The molecule has 2 aliphatic rings. The van der Waals surface area contributed by atoms with Crippen molar-refractivity contribution in [1.82, 2.24) is 0 Å². The molecule has 2 saturated carbocycles. The summed E-state index contributed by atoms with van der Waals surface area (Å²) in [6.07, 6.45) is 3.65. The first-order valence-electron chi connectivity index (χ1n) is 4.55. The summed E-state index contributed by atoms with van der Waals surface area (Å²) in [4.78, 5) is 11.1. The van der Waals surface area contributed by atoms with Gasteiger partial charge >= 0.3 is 5.97 Å². The minimum Gasteiger partial charge on any atom is -0.468 e. The molecule has 3 heteroatoms. The van der Waals surface area contributed by atoms with Crippen LogP contribution in [-0.2, 0) is 9.53 Å². The first kappa shape index (κ1) is 8.05. The number of carbonyl (C=O) groups is 1. The Morgan fingerprint density at radius 1 is 1.42 bits per heavy atom. The second-order valence-electron chi connectivity index (χ2n) is 4.04. The van der Waals surface area contributed by atoms with Gasteiger partial charge in [-0.1, -0.05) is 0 Å². The molecule has 0 bridgehead atoms. The lowest BCUT2D eigenvalue weighted by Crippen LogP contribution is -2.38. The number of nitrogens with two attached hydrogens (primary N) is 1. The predicted molar refractivity (Wildman–Crippen MR) is 44.3 cm³/mol. The number of ether oxygens (including phenoxy) is 1. The fourth-order valence-electron chi connectivity index (χ4n) is 2.38. The molecule has 0 spiro atoms. The van der Waals surface area contributed by atoms with Crippen LogP contribution in [0.4, 0.5) is 0 Å². The molecule has 2 aliphatic carbocycles. The van der Waals surface area contributed by atoms with Gasteiger partial charge in [-0.05, 0) is 37.0 Å². The van der Waals surface area contributed by atoms with Gasteiger partial charge in [0.1, 0.15) is 6.04 Å². The molecule has 2 fully saturated rings. The number of methoxy groups -OCH3 is 1. The topological polar surface area (TPSA) is 52.3 Å². The van der Waals surface area contributed by atoms with Gasteiger partial charge in [-0.2, -0.15) is 0 Å². The number of hydrogen-bond donors (Lipinski definition) is 1. The minimum absolute atomic E-state index is 0.249. The van der Waals surface area contributed by atoms with E-state index in [0.717, 1.165) is 24.7 Å². The van der Waals surface area contributed by atoms with E-state index in [1.165, 1.54) is 13.5 Å². The minimum atomic E-state index is -0.372. The highest BCUT2D eigenvalue weighted by Gasteiger charge is 2.48. The normalized spacial score (nSPS) is 40.3. The van der Waals surface area contributed by atoms with E-state index in [9.17, 15) is 4.79 Å². The average Bonchev–Trinajstić information content (AvgIpc) is 2.71. The Balaban J connectivity index is 1.88. The summed E-state index contributed by atoms with van der Waals surface area (Å²) in [6.45, 7) is 0. The molecule has 68 valence electrons. The Morgan fingerprint density at radius 2 is 2.00 bits per heavy atom. The van der Waals surface area contributed by atoms with E-state index in [1.807, 2.05) is 0 Å². The average molecular weight is 169 g/mol. The monoisotopic (exact) mass is 169 g/mol. The lowest BCUT2D eigenvalue weighted by molar-refractivity contribution is -0.143. The Morgan fingerprint density at radius 3 is 2.50 bits per heavy atom. The number of carbonyl (C=O) groups excluding carboxylic acids is 1. The molecule has 12 heavy (non-hydrogen) atoms. The molecule has 0 aliphatic heterocycles. The highest BCUT2D eigenvalue weighted by atomic mass is 16.5. The first-order valence-corrected chi connectivity index (χ1v) is 4.55. The smallest absolute Gasteiger partial charge is 0.322 e. The maximum Gasteiger partial charge on any atom is 0.322 e. The molecule has 0 radical (unpaired) electrons. The number of rotatable bonds is 2. The molecule has 0 amide bonds. The SMILES string of the molecule is COC(=O)[C@@H](N)[C@@H]1C[C@H]2C[C@H]2C1. The summed E-state index contributed by atoms with van der Waals surface area (Å²) in [5, 5.41) is 0. The largest absolute Gasteiger partial charge is 0.468 e. The highest BCUT2D eigenvalue weighted by Crippen LogP contribution is 2.54. The number of fused-ring (bicyclic) bond motifs is 1. The molecule has 0 saturated heterocycles. The Kier molecular flexibility index (Phi) is 1.83. The summed E-state index contributed by atoms with van der Waals surface area (Å²) in [7, 11) is 1.40. The zero-order valence-electron chi connectivity index (χ0n) is 7.32. The van der Waals surface area contributed by atoms with Crippen molar-refractivity contribution >= 4 is 5.97 Å². The third kappa shape index (κ3) is 1.22. The van der Waals surface area contributed by atoms with Gasteiger partial charge in [-0.25, -0.2) is 0 Å². The quantitative estimate of drug-likeness (QED) is 0.613. The summed E-state index contributed by atoms with van der Waals surface area (Å²) in [5.74, 6) is 1.90. The van der Waals surface area contributed by atoms with Crippen LogP contribution in [0.15, 0.2) is 0 Å². The van der Waals surface area contributed by atoms with Crippen LogP contribution in [0.1, 0.15) is 19.3 Å². The summed E-state index contributed by atoms with van der Waals surface area (Å²) >= 11 is 0. The number of hydrogen-bond acceptors (Lipinski definition) is 3. The Bertz CT molecular complexity index is 195. The van der Waals surface area contributed by atoms with Crippen molar-refractivity contribution < 1.29 is 9.53 Å². The van der Waals surface area contributed by atoms with Crippen molar-refractivity contribution in [2.75, 3.05) is 7.11 Å². The molecule has 0 unspecified atom stereocenters. The second-order valence-corrected chi connectivity index (χ2v) is 4.04. The first-order chi connectivity index (χ1) is 5.72. The molecule has 4 atom stereocenters.